The predicted molar refractivity (Wildman–Crippen MR) is 273 cm³/mol. The van der Waals surface area contributed by atoms with Crippen LogP contribution in [0.4, 0.5) is 0 Å². The van der Waals surface area contributed by atoms with Crippen molar-refractivity contribution in [1.29, 1.82) is 0 Å². The zero-order valence-electron chi connectivity index (χ0n) is 38.1. The number of carbonyl (C=O) groups is 2. The number of rotatable bonds is 6. The summed E-state index contributed by atoms with van der Waals surface area (Å²) >= 11 is 33.7. The van der Waals surface area contributed by atoms with Gasteiger partial charge in [0.15, 0.2) is 11.6 Å². The maximum atomic E-state index is 14.3. The van der Waals surface area contributed by atoms with Crippen molar-refractivity contribution in [3.8, 4) is 11.5 Å². The van der Waals surface area contributed by atoms with E-state index in [9.17, 15) is 9.59 Å². The highest BCUT2D eigenvalue weighted by Gasteiger charge is 2.38. The van der Waals surface area contributed by atoms with Crippen LogP contribution in [0.2, 0.25) is 20.1 Å². The molecule has 0 amide bonds. The maximum Gasteiger partial charge on any atom is 0.186 e. The first-order valence-corrected chi connectivity index (χ1v) is 24.6. The van der Waals surface area contributed by atoms with Gasteiger partial charge < -0.3 is 9.47 Å². The smallest absolute Gasteiger partial charge is 0.186 e. The van der Waals surface area contributed by atoms with Crippen molar-refractivity contribution >= 4 is 123 Å². The van der Waals surface area contributed by atoms with Crippen molar-refractivity contribution in [2.24, 2.45) is 21.7 Å². The Bertz CT molecular complexity index is 2690. The van der Waals surface area contributed by atoms with Crippen molar-refractivity contribution in [3.63, 3.8) is 0 Å². The van der Waals surface area contributed by atoms with Crippen LogP contribution in [0.1, 0.15) is 103 Å². The molecule has 3 aromatic heterocycles. The van der Waals surface area contributed by atoms with E-state index in [4.69, 9.17) is 55.9 Å². The summed E-state index contributed by atoms with van der Waals surface area (Å²) in [6.45, 7) is 24.9. The van der Waals surface area contributed by atoms with Gasteiger partial charge in [-0.05, 0) is 93.5 Å². The number of ether oxygens (including phenoxy) is 2. The maximum absolute atomic E-state index is 14.3. The van der Waals surface area contributed by atoms with Crippen LogP contribution < -0.4 is 9.47 Å². The molecule has 0 spiro atoms. The molecule has 0 saturated heterocycles. The van der Waals surface area contributed by atoms with Crippen LogP contribution in [0.25, 0.3) is 31.3 Å². The van der Waals surface area contributed by atoms with Crippen molar-refractivity contribution in [2.45, 2.75) is 83.1 Å². The second-order valence-corrected chi connectivity index (χ2v) is 24.8. The van der Waals surface area contributed by atoms with Crippen molar-refractivity contribution < 1.29 is 19.1 Å². The van der Waals surface area contributed by atoms with Gasteiger partial charge in [-0.15, -0.1) is 34.0 Å². The number of Topliss-reactive ketones (excluding diaryl/α,β-unsaturated/α-hetero) is 2. The Morgan fingerprint density at radius 1 is 0.444 bits per heavy atom. The molecular formula is C52H52Cl4O4S3. The molecule has 0 bridgehead atoms. The molecule has 2 aromatic carbocycles. The van der Waals surface area contributed by atoms with Crippen LogP contribution >= 0.6 is 80.4 Å². The molecule has 7 rings (SSSR count). The first-order valence-electron chi connectivity index (χ1n) is 20.7. The minimum atomic E-state index is -0.453. The average molecular weight is 979 g/mol. The van der Waals surface area contributed by atoms with E-state index in [0.717, 1.165) is 73.5 Å². The number of fused-ring (bicyclic) bond motifs is 2. The summed E-state index contributed by atoms with van der Waals surface area (Å²) in [4.78, 5) is 32.1. The van der Waals surface area contributed by atoms with Gasteiger partial charge in [0.25, 0.3) is 0 Å². The third-order valence-electron chi connectivity index (χ3n) is 11.4. The fourth-order valence-electron chi connectivity index (χ4n) is 7.98. The number of hydrogen-bond donors (Lipinski definition) is 0. The molecule has 0 unspecified atom stereocenters. The van der Waals surface area contributed by atoms with Crippen molar-refractivity contribution in [3.05, 3.63) is 134 Å². The summed E-state index contributed by atoms with van der Waals surface area (Å²) in [5.74, 6) is 1.14. The number of halogens is 4. The van der Waals surface area contributed by atoms with E-state index < -0.39 is 21.7 Å². The number of benzene rings is 2. The van der Waals surface area contributed by atoms with Gasteiger partial charge in [0.1, 0.15) is 11.5 Å². The highest BCUT2D eigenvalue weighted by Crippen LogP contribution is 2.54. The largest absolute Gasteiger partial charge is 0.495 e. The van der Waals surface area contributed by atoms with E-state index in [2.05, 4.69) is 95.2 Å². The molecule has 0 radical (unpaired) electrons. The molecular weight excluding hydrogens is 927 g/mol. The van der Waals surface area contributed by atoms with Gasteiger partial charge in [0.2, 0.25) is 0 Å². The van der Waals surface area contributed by atoms with Gasteiger partial charge in [-0.25, -0.2) is 0 Å². The number of methoxy groups -OCH3 is 2. The summed E-state index contributed by atoms with van der Waals surface area (Å²) < 4.78 is 13.1. The van der Waals surface area contributed by atoms with Crippen LogP contribution in [-0.4, -0.2) is 25.8 Å². The van der Waals surface area contributed by atoms with Crippen LogP contribution in [0.5, 0.6) is 11.5 Å². The normalized spacial score (nSPS) is 15.5. The van der Waals surface area contributed by atoms with Crippen LogP contribution in [-0.2, 0) is 9.59 Å². The lowest BCUT2D eigenvalue weighted by Gasteiger charge is -2.32. The van der Waals surface area contributed by atoms with Crippen LogP contribution in [0.3, 0.4) is 0 Å². The van der Waals surface area contributed by atoms with E-state index in [-0.39, 0.29) is 11.6 Å². The topological polar surface area (TPSA) is 52.6 Å². The van der Waals surface area contributed by atoms with Crippen LogP contribution in [0.15, 0.2) is 94.1 Å². The highest BCUT2D eigenvalue weighted by atomic mass is 35.5. The summed E-state index contributed by atoms with van der Waals surface area (Å²) in [5, 5.41) is 3.29. The van der Waals surface area contributed by atoms with E-state index in [0.29, 0.717) is 42.4 Å². The molecule has 4 nitrogen and oxygen atoms in total. The summed E-state index contributed by atoms with van der Waals surface area (Å²) in [6, 6.07) is 11.9. The van der Waals surface area contributed by atoms with E-state index in [1.165, 1.54) is 0 Å². The highest BCUT2D eigenvalue weighted by molar-refractivity contribution is 7.23. The summed E-state index contributed by atoms with van der Waals surface area (Å²) in [6.07, 6.45) is 8.15. The minimum absolute atomic E-state index is 0.0385. The lowest BCUT2D eigenvalue weighted by molar-refractivity contribution is -0.114. The Kier molecular flexibility index (Phi) is 12.7. The van der Waals surface area contributed by atoms with E-state index >= 15 is 0 Å². The Balaban J connectivity index is 1.63. The Labute approximate surface area is 403 Å². The third kappa shape index (κ3) is 8.62. The molecule has 63 heavy (non-hydrogen) atoms. The molecule has 0 fully saturated rings. The van der Waals surface area contributed by atoms with Gasteiger partial charge in [0.05, 0.1) is 44.1 Å². The molecule has 2 aliphatic rings. The zero-order valence-corrected chi connectivity index (χ0v) is 43.6. The summed E-state index contributed by atoms with van der Waals surface area (Å²) in [7, 11) is 3.18. The monoisotopic (exact) mass is 976 g/mol. The lowest BCUT2D eigenvalue weighted by Crippen LogP contribution is -2.28. The second-order valence-electron chi connectivity index (χ2n) is 20.1. The molecule has 0 atom stereocenters. The number of ketones is 2. The molecule has 330 valence electrons. The van der Waals surface area contributed by atoms with Crippen molar-refractivity contribution in [1.82, 2.24) is 0 Å². The molecule has 0 saturated carbocycles. The first kappa shape index (κ1) is 47.6. The average Bonchev–Trinajstić information content (AvgIpc) is 3.88. The molecule has 2 aliphatic carbocycles. The zero-order chi connectivity index (χ0) is 46.5. The summed E-state index contributed by atoms with van der Waals surface area (Å²) in [5.41, 5.74) is 4.55. The second kappa shape index (κ2) is 16.8. The van der Waals surface area contributed by atoms with Gasteiger partial charge in [-0.2, -0.15) is 0 Å². The van der Waals surface area contributed by atoms with Crippen molar-refractivity contribution in [2.75, 3.05) is 14.2 Å². The fourth-order valence-corrected chi connectivity index (χ4v) is 13.4. The first-order chi connectivity index (χ1) is 29.2. The number of hydrogen-bond acceptors (Lipinski definition) is 7. The Hall–Kier alpha value is -3.40. The van der Waals surface area contributed by atoms with Gasteiger partial charge in [-0.3, -0.25) is 9.59 Å². The molecule has 0 aliphatic heterocycles. The van der Waals surface area contributed by atoms with Gasteiger partial charge in [-0.1, -0.05) is 129 Å². The standard InChI is InChI=1S/C52H52Cl4O4S3/c1-49(2,3)27-21-25(22-28(45(27)57)50(4,5)6)37(47-43(55)39-35(62-47)17-15-31(59-13)41(39)53)33-19-20-34(61-33)38(48-44(56)40-36(63-48)18-16-32(60-14)42(40)54)26-23-29(51(7,8)9)46(58)30(24-26)52(10,11)12/h15-24H,1-14H3. The number of thiophene rings is 3. The Morgan fingerprint density at radius 3 is 1.02 bits per heavy atom. The van der Waals surface area contributed by atoms with E-state index in [1.54, 1.807) is 48.2 Å². The minimum Gasteiger partial charge on any atom is -0.495 e. The van der Waals surface area contributed by atoms with Gasteiger partial charge >= 0.3 is 0 Å². The fraction of sp³-hybridized carbons (Fsp3) is 0.346. The molecule has 3 heterocycles. The number of carbonyl (C=O) groups excluding carboxylic acids is 2. The lowest BCUT2D eigenvalue weighted by atomic mass is 9.71. The number of allylic oxidation sites excluding steroid dienone is 10. The van der Waals surface area contributed by atoms with Crippen LogP contribution in [0, 0.1) is 21.7 Å². The predicted octanol–water partition coefficient (Wildman–Crippen LogP) is 17.5. The van der Waals surface area contributed by atoms with Gasteiger partial charge in [0, 0.05) is 63.4 Å². The third-order valence-corrected chi connectivity index (χ3v) is 16.6. The molecule has 5 aromatic rings. The Morgan fingerprint density at radius 2 is 0.746 bits per heavy atom. The van der Waals surface area contributed by atoms with E-state index in [1.807, 2.05) is 48.6 Å². The quantitative estimate of drug-likeness (QED) is 0.170. The molecule has 0 N–H and O–H groups in total. The SMILES string of the molecule is COc1ccc2sc(C(=C3C=C(C(C)(C)C)C(=O)C(C(C)(C)C)=C3)c3ccc(C(=C4C=C(C(C)(C)C)C(=O)C(C(C)(C)C)=C4)c4sc5ccc(OC)c(Cl)c5c4Cl)s3)c(Cl)c2c1Cl. The molecule has 11 heteroatoms.